The third-order valence-electron chi connectivity index (χ3n) is 4.91. The van der Waals surface area contributed by atoms with Crippen molar-refractivity contribution < 1.29 is 18.6 Å². The monoisotopic (exact) mass is 360 g/mol. The van der Waals surface area contributed by atoms with Crippen molar-refractivity contribution in [1.29, 1.82) is 0 Å². The van der Waals surface area contributed by atoms with Crippen LogP contribution < -0.4 is 14.2 Å². The van der Waals surface area contributed by atoms with E-state index in [0.29, 0.717) is 17.4 Å². The molecule has 0 aliphatic rings. The summed E-state index contributed by atoms with van der Waals surface area (Å²) >= 11 is 0. The Labute approximate surface area is 156 Å². The average molecular weight is 360 g/mol. The Kier molecular flexibility index (Phi) is 6.52. The van der Waals surface area contributed by atoms with Crippen molar-refractivity contribution in [2.45, 2.75) is 46.0 Å². The van der Waals surface area contributed by atoms with E-state index in [2.05, 4.69) is 33.8 Å². The van der Waals surface area contributed by atoms with Crippen molar-refractivity contribution in [2.75, 3.05) is 21.3 Å². The first-order valence-corrected chi connectivity index (χ1v) is 8.91. The van der Waals surface area contributed by atoms with Gasteiger partial charge in [0.15, 0.2) is 0 Å². The van der Waals surface area contributed by atoms with Gasteiger partial charge in [-0.05, 0) is 47.9 Å². The van der Waals surface area contributed by atoms with Gasteiger partial charge >= 0.3 is 0 Å². The van der Waals surface area contributed by atoms with Crippen LogP contribution in [0.1, 0.15) is 54.9 Å². The zero-order valence-electron chi connectivity index (χ0n) is 16.8. The molecule has 2 aromatic rings. The number of methoxy groups -OCH3 is 3. The summed E-state index contributed by atoms with van der Waals surface area (Å²) in [4.78, 5) is 0. The fourth-order valence-corrected chi connectivity index (χ4v) is 3.69. The summed E-state index contributed by atoms with van der Waals surface area (Å²) in [6, 6.07) is 6.96. The van der Waals surface area contributed by atoms with Crippen molar-refractivity contribution in [3.8, 4) is 17.2 Å². The third kappa shape index (κ3) is 3.95. The van der Waals surface area contributed by atoms with Crippen molar-refractivity contribution >= 4 is 0 Å². The van der Waals surface area contributed by atoms with Crippen molar-refractivity contribution in [1.82, 2.24) is 0 Å². The first-order valence-electron chi connectivity index (χ1n) is 8.91. The van der Waals surface area contributed by atoms with Crippen LogP contribution in [0.4, 0.5) is 4.39 Å². The van der Waals surface area contributed by atoms with Gasteiger partial charge in [0.05, 0.1) is 21.3 Å². The molecule has 0 aliphatic heterocycles. The molecule has 4 heteroatoms. The van der Waals surface area contributed by atoms with E-state index < -0.39 is 0 Å². The summed E-state index contributed by atoms with van der Waals surface area (Å²) in [6.45, 7) is 8.59. The highest BCUT2D eigenvalue weighted by Crippen LogP contribution is 2.39. The predicted molar refractivity (Wildman–Crippen MR) is 103 cm³/mol. The lowest BCUT2D eigenvalue weighted by Gasteiger charge is -2.22. The molecule has 0 saturated carbocycles. The normalized spacial score (nSPS) is 12.2. The van der Waals surface area contributed by atoms with E-state index >= 15 is 0 Å². The standard InChI is InChI=1S/C22H29FO3/c1-13(2)21-15(4)16(8-9-18(21)24-5)10-14(3)22-19(25-6)11-17(23)12-20(22)26-7/h8-9,11-14H,10H2,1-7H3. The first-order chi connectivity index (χ1) is 12.3. The molecular formula is C22H29FO3. The Bertz CT molecular complexity index is 743. The maximum Gasteiger partial charge on any atom is 0.130 e. The Balaban J connectivity index is 2.46. The van der Waals surface area contributed by atoms with Gasteiger partial charge < -0.3 is 14.2 Å². The van der Waals surface area contributed by atoms with Gasteiger partial charge in [-0.2, -0.15) is 0 Å². The molecule has 3 nitrogen and oxygen atoms in total. The molecule has 0 N–H and O–H groups in total. The first kappa shape index (κ1) is 20.1. The van der Waals surface area contributed by atoms with E-state index in [9.17, 15) is 4.39 Å². The molecule has 0 radical (unpaired) electrons. The van der Waals surface area contributed by atoms with Crippen LogP contribution in [0, 0.1) is 12.7 Å². The fourth-order valence-electron chi connectivity index (χ4n) is 3.69. The summed E-state index contributed by atoms with van der Waals surface area (Å²) in [5.41, 5.74) is 4.61. The van der Waals surface area contributed by atoms with Gasteiger partial charge in [-0.1, -0.05) is 26.8 Å². The van der Waals surface area contributed by atoms with Crippen molar-refractivity contribution in [3.63, 3.8) is 0 Å². The quantitative estimate of drug-likeness (QED) is 0.640. The zero-order chi connectivity index (χ0) is 19.4. The van der Waals surface area contributed by atoms with Crippen LogP contribution in [-0.2, 0) is 6.42 Å². The van der Waals surface area contributed by atoms with Gasteiger partial charge in [0.2, 0.25) is 0 Å². The molecule has 0 fully saturated rings. The number of hydrogen-bond acceptors (Lipinski definition) is 3. The minimum Gasteiger partial charge on any atom is -0.496 e. The smallest absolute Gasteiger partial charge is 0.130 e. The van der Waals surface area contributed by atoms with Crippen molar-refractivity contribution in [3.05, 3.63) is 52.3 Å². The highest BCUT2D eigenvalue weighted by atomic mass is 19.1. The second-order valence-corrected chi connectivity index (χ2v) is 6.95. The highest BCUT2D eigenvalue weighted by molar-refractivity contribution is 5.50. The van der Waals surface area contributed by atoms with E-state index in [1.807, 2.05) is 6.07 Å². The molecule has 142 valence electrons. The molecule has 0 spiro atoms. The minimum atomic E-state index is -0.364. The second kappa shape index (κ2) is 8.43. The van der Waals surface area contributed by atoms with Crippen LogP contribution >= 0.6 is 0 Å². The SMILES string of the molecule is COc1ccc(CC(C)c2c(OC)cc(F)cc2OC)c(C)c1C(C)C. The summed E-state index contributed by atoms with van der Waals surface area (Å²) in [7, 11) is 4.82. The lowest BCUT2D eigenvalue weighted by atomic mass is 9.86. The van der Waals surface area contributed by atoms with Crippen LogP contribution in [0.3, 0.4) is 0 Å². The molecule has 0 aromatic heterocycles. The van der Waals surface area contributed by atoms with Gasteiger partial charge in [0.25, 0.3) is 0 Å². The van der Waals surface area contributed by atoms with Gasteiger partial charge in [-0.15, -0.1) is 0 Å². The number of hydrogen-bond donors (Lipinski definition) is 0. The largest absolute Gasteiger partial charge is 0.496 e. The van der Waals surface area contributed by atoms with Gasteiger partial charge in [-0.3, -0.25) is 0 Å². The highest BCUT2D eigenvalue weighted by Gasteiger charge is 2.21. The van der Waals surface area contributed by atoms with Crippen LogP contribution in [0.15, 0.2) is 24.3 Å². The summed E-state index contributed by atoms with van der Waals surface area (Å²) in [6.07, 6.45) is 0.800. The molecule has 1 unspecified atom stereocenters. The van der Waals surface area contributed by atoms with Crippen LogP contribution in [0.5, 0.6) is 17.2 Å². The molecular weight excluding hydrogens is 331 g/mol. The van der Waals surface area contributed by atoms with Crippen LogP contribution in [0.25, 0.3) is 0 Å². The maximum absolute atomic E-state index is 13.8. The molecule has 1 atom stereocenters. The summed E-state index contributed by atoms with van der Waals surface area (Å²) < 4.78 is 30.2. The third-order valence-corrected chi connectivity index (χ3v) is 4.91. The number of rotatable bonds is 7. The topological polar surface area (TPSA) is 27.7 Å². The van der Waals surface area contributed by atoms with E-state index in [1.54, 1.807) is 21.3 Å². The molecule has 0 amide bonds. The number of benzene rings is 2. The molecule has 0 heterocycles. The summed E-state index contributed by atoms with van der Waals surface area (Å²) in [5.74, 6) is 2.07. The lowest BCUT2D eigenvalue weighted by Crippen LogP contribution is -2.08. The van der Waals surface area contributed by atoms with Gasteiger partial charge in [0, 0.05) is 17.7 Å². The van der Waals surface area contributed by atoms with E-state index in [0.717, 1.165) is 17.7 Å². The van der Waals surface area contributed by atoms with E-state index in [1.165, 1.54) is 28.8 Å². The average Bonchev–Trinajstić information content (AvgIpc) is 2.61. The molecule has 2 rings (SSSR count). The zero-order valence-corrected chi connectivity index (χ0v) is 16.8. The predicted octanol–water partition coefficient (Wildman–Crippen LogP) is 5.63. The van der Waals surface area contributed by atoms with E-state index in [-0.39, 0.29) is 11.7 Å². The van der Waals surface area contributed by atoms with Crippen LogP contribution in [0.2, 0.25) is 0 Å². The second-order valence-electron chi connectivity index (χ2n) is 6.95. The number of halogens is 1. The summed E-state index contributed by atoms with van der Waals surface area (Å²) in [5, 5.41) is 0. The van der Waals surface area contributed by atoms with Gasteiger partial charge in [-0.25, -0.2) is 4.39 Å². The van der Waals surface area contributed by atoms with E-state index in [4.69, 9.17) is 14.2 Å². The molecule has 26 heavy (non-hydrogen) atoms. The Hall–Kier alpha value is -2.23. The Morgan fingerprint density at radius 2 is 1.38 bits per heavy atom. The van der Waals surface area contributed by atoms with Crippen LogP contribution in [-0.4, -0.2) is 21.3 Å². The molecule has 0 aliphatic carbocycles. The maximum atomic E-state index is 13.8. The number of ether oxygens (including phenoxy) is 3. The molecule has 0 bridgehead atoms. The van der Waals surface area contributed by atoms with Crippen molar-refractivity contribution in [2.24, 2.45) is 0 Å². The molecule has 0 saturated heterocycles. The molecule has 2 aromatic carbocycles. The Morgan fingerprint density at radius 1 is 0.846 bits per heavy atom. The Morgan fingerprint density at radius 3 is 1.85 bits per heavy atom. The fraction of sp³-hybridized carbons (Fsp3) is 0.455. The lowest BCUT2D eigenvalue weighted by molar-refractivity contribution is 0.374. The van der Waals surface area contributed by atoms with Gasteiger partial charge in [0.1, 0.15) is 23.1 Å². The minimum absolute atomic E-state index is 0.104.